The molecule has 1 aliphatic carbocycles. The Kier molecular flexibility index (Phi) is 5.52. The number of hydrogen-bond acceptors (Lipinski definition) is 3. The first-order chi connectivity index (χ1) is 13.5. The molecule has 0 saturated carbocycles. The summed E-state index contributed by atoms with van der Waals surface area (Å²) >= 11 is 0. The van der Waals surface area contributed by atoms with E-state index < -0.39 is 17.7 Å². The van der Waals surface area contributed by atoms with Gasteiger partial charge in [-0.2, -0.15) is 0 Å². The number of halogens is 1. The highest BCUT2D eigenvalue weighted by molar-refractivity contribution is 5.95. The van der Waals surface area contributed by atoms with Crippen molar-refractivity contribution in [2.75, 3.05) is 7.11 Å². The summed E-state index contributed by atoms with van der Waals surface area (Å²) in [6.07, 6.45) is 1.98. The molecule has 5 heteroatoms. The van der Waals surface area contributed by atoms with Gasteiger partial charge >= 0.3 is 5.97 Å². The maximum Gasteiger partial charge on any atom is 0.337 e. The van der Waals surface area contributed by atoms with Crippen LogP contribution in [0.5, 0.6) is 0 Å². The minimum Gasteiger partial charge on any atom is -0.465 e. The number of carbonyl (C=O) groups is 2. The molecule has 0 heterocycles. The third kappa shape index (κ3) is 4.19. The van der Waals surface area contributed by atoms with Crippen molar-refractivity contribution in [2.24, 2.45) is 0 Å². The number of methoxy groups -OCH3 is 1. The van der Waals surface area contributed by atoms with Crippen LogP contribution in [0.15, 0.2) is 36.4 Å². The number of ether oxygens (including phenoxy) is 1. The highest BCUT2D eigenvalue weighted by Crippen LogP contribution is 2.46. The molecule has 4 nitrogen and oxygen atoms in total. The predicted octanol–water partition coefficient (Wildman–Crippen LogP) is 4.89. The van der Waals surface area contributed by atoms with Crippen LogP contribution in [0.2, 0.25) is 0 Å². The molecule has 0 bridgehead atoms. The molecule has 1 aliphatic rings. The molecule has 0 fully saturated rings. The third-order valence-corrected chi connectivity index (χ3v) is 6.01. The van der Waals surface area contributed by atoms with E-state index in [2.05, 4.69) is 37.7 Å². The van der Waals surface area contributed by atoms with Gasteiger partial charge in [0.15, 0.2) is 0 Å². The summed E-state index contributed by atoms with van der Waals surface area (Å²) in [6.45, 7) is 8.77. The zero-order valence-electron chi connectivity index (χ0n) is 17.7. The van der Waals surface area contributed by atoms with E-state index in [0.29, 0.717) is 5.56 Å². The van der Waals surface area contributed by atoms with Crippen molar-refractivity contribution in [1.29, 1.82) is 0 Å². The smallest absolute Gasteiger partial charge is 0.337 e. The van der Waals surface area contributed by atoms with E-state index in [1.165, 1.54) is 13.2 Å². The summed E-state index contributed by atoms with van der Waals surface area (Å²) in [5, 5.41) is 2.78. The van der Waals surface area contributed by atoms with Crippen LogP contribution >= 0.6 is 0 Å². The lowest BCUT2D eigenvalue weighted by Crippen LogP contribution is -2.35. The predicted molar refractivity (Wildman–Crippen MR) is 111 cm³/mol. The minimum absolute atomic E-state index is 0.0701. The summed E-state index contributed by atoms with van der Waals surface area (Å²) in [7, 11) is 1.33. The number of carbonyl (C=O) groups excluding carboxylic acids is 2. The van der Waals surface area contributed by atoms with E-state index >= 15 is 0 Å². The quantitative estimate of drug-likeness (QED) is 0.747. The Balaban J connectivity index is 1.80. The Morgan fingerprint density at radius 1 is 1.00 bits per heavy atom. The number of esters is 1. The second-order valence-corrected chi connectivity index (χ2v) is 9.02. The highest BCUT2D eigenvalue weighted by atomic mass is 19.1. The number of rotatable bonds is 4. The molecule has 3 rings (SSSR count). The summed E-state index contributed by atoms with van der Waals surface area (Å²) in [5.41, 5.74) is 3.14. The normalized spacial score (nSPS) is 16.6. The Morgan fingerprint density at radius 3 is 2.10 bits per heavy atom. The second kappa shape index (κ2) is 7.62. The molecule has 0 spiro atoms. The van der Waals surface area contributed by atoms with Crippen LogP contribution in [0, 0.1) is 5.82 Å². The zero-order chi connectivity index (χ0) is 21.4. The fraction of sp³-hybridized carbons (Fsp3) is 0.417. The van der Waals surface area contributed by atoms with Gasteiger partial charge in [-0.1, -0.05) is 39.8 Å². The lowest BCUT2D eigenvalue weighted by atomic mass is 9.63. The van der Waals surface area contributed by atoms with Crippen molar-refractivity contribution >= 4 is 11.9 Å². The first kappa shape index (κ1) is 21.0. The van der Waals surface area contributed by atoms with Crippen LogP contribution in [0.25, 0.3) is 0 Å². The van der Waals surface area contributed by atoms with Crippen LogP contribution < -0.4 is 5.32 Å². The van der Waals surface area contributed by atoms with E-state index in [4.69, 9.17) is 0 Å². The van der Waals surface area contributed by atoms with Gasteiger partial charge in [-0.05, 0) is 64.6 Å². The van der Waals surface area contributed by atoms with E-state index in [1.807, 2.05) is 0 Å². The molecule has 0 aromatic heterocycles. The molecule has 0 saturated heterocycles. The van der Waals surface area contributed by atoms with Crippen LogP contribution in [0.4, 0.5) is 4.39 Å². The number of nitrogens with one attached hydrogen (secondary N) is 1. The summed E-state index contributed by atoms with van der Waals surface area (Å²) in [5.74, 6) is -1.35. The number of benzene rings is 2. The zero-order valence-corrected chi connectivity index (χ0v) is 17.7. The van der Waals surface area contributed by atoms with Crippen molar-refractivity contribution < 1.29 is 18.7 Å². The lowest BCUT2D eigenvalue weighted by Gasteiger charge is -2.42. The van der Waals surface area contributed by atoms with Gasteiger partial charge in [-0.25, -0.2) is 9.18 Å². The third-order valence-electron chi connectivity index (χ3n) is 6.01. The van der Waals surface area contributed by atoms with Crippen LogP contribution in [0.1, 0.15) is 77.9 Å². The molecule has 0 radical (unpaired) electrons. The summed E-state index contributed by atoms with van der Waals surface area (Å²) in [6, 6.07) is 10.0. The lowest BCUT2D eigenvalue weighted by molar-refractivity contribution is 0.0600. The SMILES string of the molecule is COC(=O)c1ccc(CNC(=O)c2cc3c(cc2F)C(C)(C)CCC3(C)C)cc1. The summed E-state index contributed by atoms with van der Waals surface area (Å²) in [4.78, 5) is 24.2. The summed E-state index contributed by atoms with van der Waals surface area (Å²) < 4.78 is 19.5. The largest absolute Gasteiger partial charge is 0.465 e. The molecule has 2 aromatic rings. The van der Waals surface area contributed by atoms with Crippen molar-refractivity contribution in [3.05, 3.63) is 70.0 Å². The molecule has 0 unspecified atom stereocenters. The maximum atomic E-state index is 14.8. The van der Waals surface area contributed by atoms with Gasteiger partial charge < -0.3 is 10.1 Å². The van der Waals surface area contributed by atoms with Crippen LogP contribution in [-0.4, -0.2) is 19.0 Å². The highest BCUT2D eigenvalue weighted by Gasteiger charge is 2.38. The van der Waals surface area contributed by atoms with Crippen molar-refractivity contribution in [3.8, 4) is 0 Å². The standard InChI is InChI=1S/C24H28FNO3/c1-23(2)10-11-24(3,4)19-13-20(25)17(12-18(19)23)21(27)26-14-15-6-8-16(9-7-15)22(28)29-5/h6-9,12-13H,10-11,14H2,1-5H3,(H,26,27). The molecule has 2 aromatic carbocycles. The van der Waals surface area contributed by atoms with E-state index in [0.717, 1.165) is 29.5 Å². The minimum atomic E-state index is -0.493. The van der Waals surface area contributed by atoms with Gasteiger partial charge in [0.05, 0.1) is 18.2 Å². The van der Waals surface area contributed by atoms with Gasteiger partial charge in [0.25, 0.3) is 5.91 Å². The molecular weight excluding hydrogens is 369 g/mol. The molecule has 0 atom stereocenters. The maximum absolute atomic E-state index is 14.8. The van der Waals surface area contributed by atoms with E-state index in [9.17, 15) is 14.0 Å². The van der Waals surface area contributed by atoms with Gasteiger partial charge in [0, 0.05) is 6.54 Å². The fourth-order valence-corrected chi connectivity index (χ4v) is 3.92. The van der Waals surface area contributed by atoms with Crippen molar-refractivity contribution in [1.82, 2.24) is 5.32 Å². The molecular formula is C24H28FNO3. The number of hydrogen-bond donors (Lipinski definition) is 1. The first-order valence-corrected chi connectivity index (χ1v) is 9.85. The molecule has 29 heavy (non-hydrogen) atoms. The Morgan fingerprint density at radius 2 is 1.55 bits per heavy atom. The van der Waals surface area contributed by atoms with Gasteiger partial charge in [0.1, 0.15) is 5.82 Å². The average Bonchev–Trinajstić information content (AvgIpc) is 2.69. The average molecular weight is 397 g/mol. The Labute approximate surface area is 171 Å². The second-order valence-electron chi connectivity index (χ2n) is 9.02. The monoisotopic (exact) mass is 397 g/mol. The Bertz CT molecular complexity index is 945. The van der Waals surface area contributed by atoms with Gasteiger partial charge in [-0.3, -0.25) is 4.79 Å². The van der Waals surface area contributed by atoms with Crippen LogP contribution in [-0.2, 0) is 22.1 Å². The fourth-order valence-electron chi connectivity index (χ4n) is 3.92. The molecule has 154 valence electrons. The van der Waals surface area contributed by atoms with E-state index in [1.54, 1.807) is 30.3 Å². The number of amides is 1. The van der Waals surface area contributed by atoms with Crippen LogP contribution in [0.3, 0.4) is 0 Å². The van der Waals surface area contributed by atoms with Crippen molar-refractivity contribution in [2.45, 2.75) is 57.9 Å². The van der Waals surface area contributed by atoms with Gasteiger partial charge in [0.2, 0.25) is 0 Å². The van der Waals surface area contributed by atoms with Crippen molar-refractivity contribution in [3.63, 3.8) is 0 Å². The molecule has 1 N–H and O–H groups in total. The van der Waals surface area contributed by atoms with Gasteiger partial charge in [-0.15, -0.1) is 0 Å². The Hall–Kier alpha value is -2.69. The topological polar surface area (TPSA) is 55.4 Å². The van der Waals surface area contributed by atoms with E-state index in [-0.39, 0.29) is 22.9 Å². The molecule has 0 aliphatic heterocycles. The first-order valence-electron chi connectivity index (χ1n) is 9.85. The molecule has 1 amide bonds. The number of fused-ring (bicyclic) bond motifs is 1.